The fraction of sp³-hybridized carbons (Fsp3) is 0.917. The van der Waals surface area contributed by atoms with Crippen LogP contribution < -0.4 is 5.32 Å². The molecule has 0 bridgehead atoms. The van der Waals surface area contributed by atoms with Gasteiger partial charge in [-0.2, -0.15) is 0 Å². The number of amides is 1. The van der Waals surface area contributed by atoms with Gasteiger partial charge in [0.05, 0.1) is 25.2 Å². The molecule has 3 atom stereocenters. The first-order valence-electron chi connectivity index (χ1n) is 6.50. The van der Waals surface area contributed by atoms with Gasteiger partial charge >= 0.3 is 0 Å². The van der Waals surface area contributed by atoms with Gasteiger partial charge in [-0.3, -0.25) is 4.79 Å². The zero-order valence-electron chi connectivity index (χ0n) is 10.4. The maximum atomic E-state index is 12.3. The molecule has 0 radical (unpaired) electrons. The predicted molar refractivity (Wildman–Crippen MR) is 63.6 cm³/mol. The van der Waals surface area contributed by atoms with E-state index in [-0.39, 0.29) is 24.0 Å². The van der Waals surface area contributed by atoms with Crippen LogP contribution in [0.15, 0.2) is 0 Å². The molecular weight excluding hydrogens is 220 g/mol. The standard InChI is InChI=1S/C12H22N2O3/c1-2-13-11-8-17-7-10(11)12(16)14-5-3-4-9(15)6-14/h9-11,13,15H,2-8H2,1H3. The van der Waals surface area contributed by atoms with E-state index in [1.807, 2.05) is 6.92 Å². The predicted octanol–water partition coefficient (Wildman–Crippen LogP) is -0.406. The summed E-state index contributed by atoms with van der Waals surface area (Å²) in [6.45, 7) is 5.24. The molecule has 0 aromatic carbocycles. The molecule has 17 heavy (non-hydrogen) atoms. The average Bonchev–Trinajstić information content (AvgIpc) is 2.77. The topological polar surface area (TPSA) is 61.8 Å². The van der Waals surface area contributed by atoms with Gasteiger partial charge in [-0.25, -0.2) is 0 Å². The van der Waals surface area contributed by atoms with Gasteiger partial charge in [-0.05, 0) is 19.4 Å². The summed E-state index contributed by atoms with van der Waals surface area (Å²) in [5.74, 6) is 0.0486. The molecular formula is C12H22N2O3. The number of nitrogens with one attached hydrogen (secondary N) is 1. The van der Waals surface area contributed by atoms with Crippen LogP contribution in [0, 0.1) is 5.92 Å². The van der Waals surface area contributed by atoms with Gasteiger partial charge in [0, 0.05) is 19.1 Å². The summed E-state index contributed by atoms with van der Waals surface area (Å²) in [7, 11) is 0. The minimum atomic E-state index is -0.354. The first kappa shape index (κ1) is 12.8. The van der Waals surface area contributed by atoms with Crippen molar-refractivity contribution in [2.24, 2.45) is 5.92 Å². The van der Waals surface area contributed by atoms with Crippen LogP contribution in [0.4, 0.5) is 0 Å². The van der Waals surface area contributed by atoms with Crippen molar-refractivity contribution in [3.05, 3.63) is 0 Å². The highest BCUT2D eigenvalue weighted by atomic mass is 16.5. The second kappa shape index (κ2) is 5.80. The number of piperidine rings is 1. The Morgan fingerprint density at radius 2 is 2.35 bits per heavy atom. The molecule has 1 amide bonds. The quantitative estimate of drug-likeness (QED) is 0.706. The van der Waals surface area contributed by atoms with Crippen LogP contribution in [0.2, 0.25) is 0 Å². The van der Waals surface area contributed by atoms with Crippen LogP contribution in [0.25, 0.3) is 0 Å². The highest BCUT2D eigenvalue weighted by Gasteiger charge is 2.37. The van der Waals surface area contributed by atoms with Crippen molar-refractivity contribution in [3.8, 4) is 0 Å². The second-order valence-electron chi connectivity index (χ2n) is 4.89. The molecule has 2 aliphatic rings. The fourth-order valence-corrected chi connectivity index (χ4v) is 2.65. The molecule has 0 saturated carbocycles. The molecule has 2 rings (SSSR count). The number of carbonyl (C=O) groups is 1. The fourth-order valence-electron chi connectivity index (χ4n) is 2.65. The summed E-state index contributed by atoms with van der Waals surface area (Å²) < 4.78 is 5.39. The minimum absolute atomic E-state index is 0.0831. The normalized spacial score (nSPS) is 34.0. The third-order valence-corrected chi connectivity index (χ3v) is 3.57. The van der Waals surface area contributed by atoms with Crippen LogP contribution in [0.3, 0.4) is 0 Å². The van der Waals surface area contributed by atoms with E-state index in [0.29, 0.717) is 19.8 Å². The highest BCUT2D eigenvalue weighted by molar-refractivity contribution is 5.80. The zero-order valence-corrected chi connectivity index (χ0v) is 10.4. The summed E-state index contributed by atoms with van der Waals surface area (Å²) >= 11 is 0. The van der Waals surface area contributed by atoms with Gasteiger partial charge in [0.1, 0.15) is 0 Å². The third-order valence-electron chi connectivity index (χ3n) is 3.57. The van der Waals surface area contributed by atoms with E-state index in [4.69, 9.17) is 4.74 Å². The number of ether oxygens (including phenoxy) is 1. The number of aliphatic hydroxyl groups is 1. The van der Waals surface area contributed by atoms with E-state index >= 15 is 0 Å². The van der Waals surface area contributed by atoms with Crippen molar-refractivity contribution in [1.29, 1.82) is 0 Å². The molecule has 2 aliphatic heterocycles. The minimum Gasteiger partial charge on any atom is -0.391 e. The van der Waals surface area contributed by atoms with E-state index in [2.05, 4.69) is 5.32 Å². The lowest BCUT2D eigenvalue weighted by molar-refractivity contribution is -0.139. The first-order chi connectivity index (χ1) is 8.22. The molecule has 98 valence electrons. The molecule has 0 aromatic heterocycles. The number of rotatable bonds is 3. The molecule has 0 aromatic rings. The van der Waals surface area contributed by atoms with Crippen LogP contribution in [-0.2, 0) is 9.53 Å². The number of nitrogens with zero attached hydrogens (tertiary/aromatic N) is 1. The largest absolute Gasteiger partial charge is 0.391 e. The number of likely N-dealkylation sites (tertiary alicyclic amines) is 1. The van der Waals surface area contributed by atoms with Crippen molar-refractivity contribution in [2.75, 3.05) is 32.8 Å². The molecule has 2 heterocycles. The Kier molecular flexibility index (Phi) is 4.36. The Morgan fingerprint density at radius 3 is 3.06 bits per heavy atom. The lowest BCUT2D eigenvalue weighted by atomic mass is 9.99. The Bertz CT molecular complexity index is 272. The first-order valence-corrected chi connectivity index (χ1v) is 6.50. The Morgan fingerprint density at radius 1 is 1.53 bits per heavy atom. The molecule has 5 nitrogen and oxygen atoms in total. The summed E-state index contributed by atoms with van der Waals surface area (Å²) in [6, 6.07) is 0.131. The van der Waals surface area contributed by atoms with E-state index < -0.39 is 0 Å². The van der Waals surface area contributed by atoms with E-state index in [9.17, 15) is 9.90 Å². The maximum absolute atomic E-state index is 12.3. The molecule has 0 aliphatic carbocycles. The van der Waals surface area contributed by atoms with E-state index in [1.165, 1.54) is 0 Å². The molecule has 2 fully saturated rings. The van der Waals surface area contributed by atoms with Gasteiger partial charge in [-0.15, -0.1) is 0 Å². The summed E-state index contributed by atoms with van der Waals surface area (Å²) in [4.78, 5) is 14.1. The Hall–Kier alpha value is -0.650. The highest BCUT2D eigenvalue weighted by Crippen LogP contribution is 2.19. The van der Waals surface area contributed by atoms with E-state index in [0.717, 1.165) is 25.9 Å². The van der Waals surface area contributed by atoms with Crippen LogP contribution in [-0.4, -0.2) is 60.9 Å². The second-order valence-corrected chi connectivity index (χ2v) is 4.89. The average molecular weight is 242 g/mol. The van der Waals surface area contributed by atoms with Crippen molar-refractivity contribution in [2.45, 2.75) is 31.9 Å². The summed E-state index contributed by atoms with van der Waals surface area (Å²) in [6.07, 6.45) is 1.35. The Balaban J connectivity index is 1.93. The SMILES string of the molecule is CCNC1COCC1C(=O)N1CCCC(O)C1. The lowest BCUT2D eigenvalue weighted by Crippen LogP contribution is -2.49. The van der Waals surface area contributed by atoms with E-state index in [1.54, 1.807) is 4.90 Å². The zero-order chi connectivity index (χ0) is 12.3. The van der Waals surface area contributed by atoms with Crippen molar-refractivity contribution < 1.29 is 14.6 Å². The van der Waals surface area contributed by atoms with Crippen LogP contribution in [0.5, 0.6) is 0 Å². The molecule has 5 heteroatoms. The lowest BCUT2D eigenvalue weighted by Gasteiger charge is -2.33. The maximum Gasteiger partial charge on any atom is 0.229 e. The van der Waals surface area contributed by atoms with Gasteiger partial charge in [0.25, 0.3) is 0 Å². The summed E-state index contributed by atoms with van der Waals surface area (Å²) in [5.41, 5.74) is 0. The summed E-state index contributed by atoms with van der Waals surface area (Å²) in [5, 5.41) is 12.9. The van der Waals surface area contributed by atoms with Gasteiger partial charge in [-0.1, -0.05) is 6.92 Å². The molecule has 0 spiro atoms. The number of hydrogen-bond donors (Lipinski definition) is 2. The number of hydrogen-bond acceptors (Lipinski definition) is 4. The molecule has 3 unspecified atom stereocenters. The molecule has 2 N–H and O–H groups in total. The monoisotopic (exact) mass is 242 g/mol. The third kappa shape index (κ3) is 2.97. The van der Waals surface area contributed by atoms with Crippen molar-refractivity contribution in [1.82, 2.24) is 10.2 Å². The van der Waals surface area contributed by atoms with Gasteiger partial charge < -0.3 is 20.1 Å². The Labute approximate surface area is 102 Å². The smallest absolute Gasteiger partial charge is 0.229 e. The van der Waals surface area contributed by atoms with Crippen LogP contribution in [0.1, 0.15) is 19.8 Å². The number of likely N-dealkylation sites (N-methyl/N-ethyl adjacent to an activating group) is 1. The van der Waals surface area contributed by atoms with Crippen molar-refractivity contribution in [3.63, 3.8) is 0 Å². The van der Waals surface area contributed by atoms with Gasteiger partial charge in [0.15, 0.2) is 0 Å². The molecule has 2 saturated heterocycles. The van der Waals surface area contributed by atoms with Crippen LogP contribution >= 0.6 is 0 Å². The van der Waals surface area contributed by atoms with Crippen molar-refractivity contribution >= 4 is 5.91 Å². The number of aliphatic hydroxyl groups excluding tert-OH is 1. The number of carbonyl (C=O) groups excluding carboxylic acids is 1. The van der Waals surface area contributed by atoms with Gasteiger partial charge in [0.2, 0.25) is 5.91 Å². The number of β-amino-alcohol motifs (C(OH)–C–C–N with tert-alkyl or cyclic N) is 1.